The van der Waals surface area contributed by atoms with Gasteiger partial charge in [0.25, 0.3) is 5.91 Å². The molecule has 0 heterocycles. The van der Waals surface area contributed by atoms with Gasteiger partial charge in [0.2, 0.25) is 0 Å². The predicted molar refractivity (Wildman–Crippen MR) is 73.5 cm³/mol. The average molecular weight is 273 g/mol. The monoisotopic (exact) mass is 273 g/mol. The van der Waals surface area contributed by atoms with Crippen LogP contribution < -0.4 is 5.32 Å². The summed E-state index contributed by atoms with van der Waals surface area (Å²) >= 11 is 0. The van der Waals surface area contributed by atoms with E-state index in [0.29, 0.717) is 0 Å². The molecule has 5 nitrogen and oxygen atoms in total. The number of para-hydroxylation sites is 1. The van der Waals surface area contributed by atoms with Crippen LogP contribution in [0.2, 0.25) is 0 Å². The fourth-order valence-corrected chi connectivity index (χ4v) is 1.87. The van der Waals surface area contributed by atoms with E-state index in [1.54, 1.807) is 24.3 Å². The highest BCUT2D eigenvalue weighted by molar-refractivity contribution is 5.97. The molecule has 0 bridgehead atoms. The number of phenols is 2. The van der Waals surface area contributed by atoms with E-state index in [-0.39, 0.29) is 17.9 Å². The first kappa shape index (κ1) is 13.9. The van der Waals surface area contributed by atoms with Gasteiger partial charge >= 0.3 is 0 Å². The van der Waals surface area contributed by atoms with E-state index in [0.717, 1.165) is 5.56 Å². The van der Waals surface area contributed by atoms with Crippen LogP contribution in [0.25, 0.3) is 0 Å². The maximum absolute atomic E-state index is 12.1. The number of carbonyl (C=O) groups is 1. The number of phenolic OH excluding ortho intramolecular Hbond substituents is 2. The SMILES string of the molecule is O=C(NC(CO)c1ccccc1)c1cccc(O)c1O. The third-order valence-electron chi connectivity index (χ3n) is 2.95. The summed E-state index contributed by atoms with van der Waals surface area (Å²) in [6.07, 6.45) is 0. The number of rotatable bonds is 4. The molecule has 2 rings (SSSR count). The molecule has 4 N–H and O–H groups in total. The zero-order valence-electron chi connectivity index (χ0n) is 10.7. The minimum Gasteiger partial charge on any atom is -0.504 e. The lowest BCUT2D eigenvalue weighted by atomic mass is 10.1. The van der Waals surface area contributed by atoms with Crippen LogP contribution in [0.1, 0.15) is 22.0 Å². The maximum Gasteiger partial charge on any atom is 0.255 e. The van der Waals surface area contributed by atoms with Gasteiger partial charge in [-0.05, 0) is 17.7 Å². The van der Waals surface area contributed by atoms with Crippen LogP contribution in [0, 0.1) is 0 Å². The molecule has 0 radical (unpaired) electrons. The topological polar surface area (TPSA) is 89.8 Å². The summed E-state index contributed by atoms with van der Waals surface area (Å²) in [7, 11) is 0. The third-order valence-corrected chi connectivity index (χ3v) is 2.95. The van der Waals surface area contributed by atoms with Crippen LogP contribution in [0.4, 0.5) is 0 Å². The van der Waals surface area contributed by atoms with E-state index in [9.17, 15) is 20.1 Å². The molecule has 1 atom stereocenters. The summed E-state index contributed by atoms with van der Waals surface area (Å²) in [6.45, 7) is -0.269. The van der Waals surface area contributed by atoms with Crippen molar-refractivity contribution in [3.05, 3.63) is 59.7 Å². The van der Waals surface area contributed by atoms with E-state index in [1.807, 2.05) is 6.07 Å². The molecule has 1 amide bonds. The zero-order chi connectivity index (χ0) is 14.5. The first-order chi connectivity index (χ1) is 9.63. The largest absolute Gasteiger partial charge is 0.504 e. The molecule has 0 aliphatic heterocycles. The molecule has 0 aliphatic carbocycles. The van der Waals surface area contributed by atoms with Gasteiger partial charge in [0.15, 0.2) is 11.5 Å². The number of hydrogen-bond donors (Lipinski definition) is 4. The Morgan fingerprint density at radius 2 is 1.75 bits per heavy atom. The highest BCUT2D eigenvalue weighted by Crippen LogP contribution is 2.28. The molecule has 0 saturated carbocycles. The van der Waals surface area contributed by atoms with Crippen LogP contribution in [-0.4, -0.2) is 27.8 Å². The molecule has 0 saturated heterocycles. The van der Waals surface area contributed by atoms with E-state index < -0.39 is 17.7 Å². The number of aliphatic hydroxyl groups excluding tert-OH is 1. The van der Waals surface area contributed by atoms with Crippen molar-refractivity contribution in [3.8, 4) is 11.5 Å². The van der Waals surface area contributed by atoms with Gasteiger partial charge in [-0.25, -0.2) is 0 Å². The van der Waals surface area contributed by atoms with Crippen LogP contribution in [0.5, 0.6) is 11.5 Å². The lowest BCUT2D eigenvalue weighted by Crippen LogP contribution is -2.30. The Labute approximate surface area is 116 Å². The van der Waals surface area contributed by atoms with Gasteiger partial charge in [-0.1, -0.05) is 36.4 Å². The van der Waals surface area contributed by atoms with Crippen molar-refractivity contribution >= 4 is 5.91 Å². The molecule has 0 fully saturated rings. The first-order valence-electron chi connectivity index (χ1n) is 6.11. The van der Waals surface area contributed by atoms with Crippen LogP contribution >= 0.6 is 0 Å². The number of carbonyl (C=O) groups excluding carboxylic acids is 1. The zero-order valence-corrected chi connectivity index (χ0v) is 10.7. The van der Waals surface area contributed by atoms with E-state index in [2.05, 4.69) is 5.32 Å². The molecular weight excluding hydrogens is 258 g/mol. The molecule has 1 unspecified atom stereocenters. The Bertz CT molecular complexity index is 598. The Hall–Kier alpha value is -2.53. The number of aromatic hydroxyl groups is 2. The van der Waals surface area contributed by atoms with Gasteiger partial charge in [0.05, 0.1) is 18.2 Å². The minimum absolute atomic E-state index is 0.0422. The van der Waals surface area contributed by atoms with Crippen LogP contribution in [-0.2, 0) is 0 Å². The Kier molecular flexibility index (Phi) is 4.22. The van der Waals surface area contributed by atoms with E-state index in [4.69, 9.17) is 0 Å². The van der Waals surface area contributed by atoms with Gasteiger partial charge in [0, 0.05) is 0 Å². The Morgan fingerprint density at radius 1 is 1.05 bits per heavy atom. The first-order valence-corrected chi connectivity index (χ1v) is 6.11. The fourth-order valence-electron chi connectivity index (χ4n) is 1.87. The quantitative estimate of drug-likeness (QED) is 0.636. The summed E-state index contributed by atoms with van der Waals surface area (Å²) in [5.74, 6) is -1.41. The van der Waals surface area contributed by atoms with Gasteiger partial charge in [-0.2, -0.15) is 0 Å². The number of benzene rings is 2. The Morgan fingerprint density at radius 3 is 2.40 bits per heavy atom. The van der Waals surface area contributed by atoms with Gasteiger partial charge in [0.1, 0.15) is 0 Å². The molecule has 2 aromatic carbocycles. The number of aliphatic hydroxyl groups is 1. The lowest BCUT2D eigenvalue weighted by Gasteiger charge is -2.17. The van der Waals surface area contributed by atoms with Crippen molar-refractivity contribution in [1.82, 2.24) is 5.32 Å². The highest BCUT2D eigenvalue weighted by Gasteiger charge is 2.18. The standard InChI is InChI=1S/C15H15NO4/c17-9-12(10-5-2-1-3-6-10)16-15(20)11-7-4-8-13(18)14(11)19/h1-8,12,17-19H,9H2,(H,16,20). The van der Waals surface area contributed by atoms with Crippen molar-refractivity contribution in [2.45, 2.75) is 6.04 Å². The van der Waals surface area contributed by atoms with Gasteiger partial charge in [-0.3, -0.25) is 4.79 Å². The molecule has 0 aromatic heterocycles. The summed E-state index contributed by atoms with van der Waals surface area (Å²) < 4.78 is 0. The van der Waals surface area contributed by atoms with Gasteiger partial charge < -0.3 is 20.6 Å². The molecule has 0 spiro atoms. The second kappa shape index (κ2) is 6.08. The predicted octanol–water partition coefficient (Wildman–Crippen LogP) is 1.56. The smallest absolute Gasteiger partial charge is 0.255 e. The second-order valence-corrected chi connectivity index (χ2v) is 4.29. The van der Waals surface area contributed by atoms with E-state index in [1.165, 1.54) is 18.2 Å². The molecule has 104 valence electrons. The summed E-state index contributed by atoms with van der Waals surface area (Å²) in [6, 6.07) is 12.6. The summed E-state index contributed by atoms with van der Waals surface area (Å²) in [4.78, 5) is 12.1. The number of hydrogen-bond acceptors (Lipinski definition) is 4. The molecule has 0 aliphatic rings. The van der Waals surface area contributed by atoms with Crippen molar-refractivity contribution < 1.29 is 20.1 Å². The molecule has 20 heavy (non-hydrogen) atoms. The van der Waals surface area contributed by atoms with Crippen molar-refractivity contribution in [3.63, 3.8) is 0 Å². The lowest BCUT2D eigenvalue weighted by molar-refractivity contribution is 0.0913. The van der Waals surface area contributed by atoms with Crippen LogP contribution in [0.15, 0.2) is 48.5 Å². The second-order valence-electron chi connectivity index (χ2n) is 4.29. The Balaban J connectivity index is 2.20. The summed E-state index contributed by atoms with van der Waals surface area (Å²) in [5.41, 5.74) is 0.711. The minimum atomic E-state index is -0.578. The van der Waals surface area contributed by atoms with E-state index >= 15 is 0 Å². The molecule has 5 heteroatoms. The van der Waals surface area contributed by atoms with Crippen molar-refractivity contribution in [1.29, 1.82) is 0 Å². The number of nitrogens with one attached hydrogen (secondary N) is 1. The molecule has 2 aromatic rings. The normalized spacial score (nSPS) is 11.8. The third kappa shape index (κ3) is 2.89. The maximum atomic E-state index is 12.1. The highest BCUT2D eigenvalue weighted by atomic mass is 16.3. The van der Waals surface area contributed by atoms with Crippen molar-refractivity contribution in [2.24, 2.45) is 0 Å². The fraction of sp³-hybridized carbons (Fsp3) is 0.133. The number of amides is 1. The summed E-state index contributed by atoms with van der Waals surface area (Å²) in [5, 5.41) is 31.0. The van der Waals surface area contributed by atoms with Crippen molar-refractivity contribution in [2.75, 3.05) is 6.61 Å². The van der Waals surface area contributed by atoms with Crippen LogP contribution in [0.3, 0.4) is 0 Å². The van der Waals surface area contributed by atoms with Gasteiger partial charge in [-0.15, -0.1) is 0 Å². The average Bonchev–Trinajstić information content (AvgIpc) is 2.48. The molecular formula is C15H15NO4.